The molecule has 2 aromatic rings. The van der Waals surface area contributed by atoms with Gasteiger partial charge in [0.15, 0.2) is 6.61 Å². The fourth-order valence-electron chi connectivity index (χ4n) is 1.40. The molecule has 6 nitrogen and oxygen atoms in total. The van der Waals surface area contributed by atoms with E-state index in [9.17, 15) is 13.2 Å². The summed E-state index contributed by atoms with van der Waals surface area (Å²) in [6, 6.07) is 6.71. The Morgan fingerprint density at radius 1 is 1.14 bits per heavy atom. The van der Waals surface area contributed by atoms with Crippen molar-refractivity contribution in [2.75, 3.05) is 17.7 Å². The largest absolute Gasteiger partial charge is 0.454 e. The van der Waals surface area contributed by atoms with Gasteiger partial charge < -0.3 is 15.8 Å². The van der Waals surface area contributed by atoms with Crippen molar-refractivity contribution in [1.29, 1.82) is 0 Å². The SMILES string of the molecule is Nc1ccc(CNc2ncnc(OCC(F)(F)F)n2)cc1. The van der Waals surface area contributed by atoms with E-state index in [-0.39, 0.29) is 12.0 Å². The first kappa shape index (κ1) is 14.8. The number of rotatable bonds is 5. The molecule has 21 heavy (non-hydrogen) atoms. The van der Waals surface area contributed by atoms with Crippen LogP contribution in [0.4, 0.5) is 24.8 Å². The fraction of sp³-hybridized carbons (Fsp3) is 0.250. The molecule has 0 bridgehead atoms. The van der Waals surface area contributed by atoms with Gasteiger partial charge in [0.1, 0.15) is 6.33 Å². The lowest BCUT2D eigenvalue weighted by Gasteiger charge is -2.08. The van der Waals surface area contributed by atoms with Crippen molar-refractivity contribution < 1.29 is 17.9 Å². The van der Waals surface area contributed by atoms with Gasteiger partial charge >= 0.3 is 12.2 Å². The van der Waals surface area contributed by atoms with Gasteiger partial charge in [-0.15, -0.1) is 0 Å². The van der Waals surface area contributed by atoms with E-state index in [2.05, 4.69) is 25.0 Å². The Bertz CT molecular complexity index is 588. The minimum Gasteiger partial charge on any atom is -0.454 e. The Labute approximate surface area is 118 Å². The molecule has 2 rings (SSSR count). The molecule has 0 amide bonds. The lowest BCUT2D eigenvalue weighted by atomic mass is 10.2. The molecule has 0 saturated heterocycles. The summed E-state index contributed by atoms with van der Waals surface area (Å²) >= 11 is 0. The van der Waals surface area contributed by atoms with Gasteiger partial charge in [0.2, 0.25) is 5.95 Å². The molecule has 0 unspecified atom stereocenters. The summed E-state index contributed by atoms with van der Waals surface area (Å²) < 4.78 is 40.5. The summed E-state index contributed by atoms with van der Waals surface area (Å²) in [7, 11) is 0. The zero-order chi connectivity index (χ0) is 15.3. The highest BCUT2D eigenvalue weighted by molar-refractivity contribution is 5.40. The highest BCUT2D eigenvalue weighted by atomic mass is 19.4. The summed E-state index contributed by atoms with van der Waals surface area (Å²) in [6.07, 6.45) is -3.37. The number of nitrogens with zero attached hydrogens (tertiary/aromatic N) is 3. The van der Waals surface area contributed by atoms with Crippen LogP contribution in [0.3, 0.4) is 0 Å². The molecule has 0 saturated carbocycles. The van der Waals surface area contributed by atoms with E-state index in [1.54, 1.807) is 12.1 Å². The number of nitrogens with one attached hydrogen (secondary N) is 1. The number of hydrogen-bond donors (Lipinski definition) is 2. The number of halogens is 3. The zero-order valence-corrected chi connectivity index (χ0v) is 10.8. The molecule has 9 heteroatoms. The van der Waals surface area contributed by atoms with Crippen LogP contribution in [0.2, 0.25) is 0 Å². The van der Waals surface area contributed by atoms with Crippen LogP contribution in [0.15, 0.2) is 30.6 Å². The number of anilines is 2. The van der Waals surface area contributed by atoms with Gasteiger partial charge in [-0.25, -0.2) is 4.98 Å². The maximum Gasteiger partial charge on any atom is 0.422 e. The van der Waals surface area contributed by atoms with Gasteiger partial charge in [0.05, 0.1) is 0 Å². The quantitative estimate of drug-likeness (QED) is 0.821. The first-order chi connectivity index (χ1) is 9.92. The Kier molecular flexibility index (Phi) is 4.41. The minimum absolute atomic E-state index is 0.124. The van der Waals surface area contributed by atoms with Crippen molar-refractivity contribution in [3.05, 3.63) is 36.2 Å². The van der Waals surface area contributed by atoms with Crippen LogP contribution in [0.5, 0.6) is 6.01 Å². The van der Waals surface area contributed by atoms with Gasteiger partial charge in [-0.3, -0.25) is 0 Å². The van der Waals surface area contributed by atoms with Gasteiger partial charge in [0.25, 0.3) is 0 Å². The van der Waals surface area contributed by atoms with Crippen molar-refractivity contribution in [2.24, 2.45) is 0 Å². The van der Waals surface area contributed by atoms with Crippen LogP contribution >= 0.6 is 0 Å². The molecule has 0 fully saturated rings. The second kappa shape index (κ2) is 6.25. The second-order valence-corrected chi connectivity index (χ2v) is 4.09. The number of hydrogen-bond acceptors (Lipinski definition) is 6. The van der Waals surface area contributed by atoms with Crippen LogP contribution in [0.25, 0.3) is 0 Å². The number of nitrogen functional groups attached to an aromatic ring is 1. The average molecular weight is 299 g/mol. The highest BCUT2D eigenvalue weighted by Gasteiger charge is 2.29. The predicted octanol–water partition coefficient (Wildman–Crippen LogP) is 2.01. The van der Waals surface area contributed by atoms with Crippen LogP contribution < -0.4 is 15.8 Å². The zero-order valence-electron chi connectivity index (χ0n) is 10.8. The van der Waals surface area contributed by atoms with Gasteiger partial charge in [0, 0.05) is 12.2 Å². The smallest absolute Gasteiger partial charge is 0.422 e. The maximum absolute atomic E-state index is 12.0. The molecule has 1 aromatic heterocycles. The van der Waals surface area contributed by atoms with Crippen LogP contribution in [-0.4, -0.2) is 27.7 Å². The Balaban J connectivity index is 1.93. The molecule has 0 aliphatic rings. The van der Waals surface area contributed by atoms with E-state index in [1.165, 1.54) is 0 Å². The number of benzene rings is 1. The molecule has 0 atom stereocenters. The van der Waals surface area contributed by atoms with Crippen molar-refractivity contribution in [1.82, 2.24) is 15.0 Å². The standard InChI is InChI=1S/C12H12F3N5O/c13-12(14,15)6-21-11-19-7-18-10(20-11)17-5-8-1-3-9(16)4-2-8/h1-4,7H,5-6,16H2,(H,17,18,19,20). The Morgan fingerprint density at radius 3 is 2.52 bits per heavy atom. The first-order valence-electron chi connectivity index (χ1n) is 5.89. The molecule has 0 aliphatic heterocycles. The van der Waals surface area contributed by atoms with Crippen LogP contribution in [0, 0.1) is 0 Å². The van der Waals surface area contributed by atoms with Crippen molar-refractivity contribution >= 4 is 11.6 Å². The lowest BCUT2D eigenvalue weighted by Crippen LogP contribution is -2.20. The molecule has 0 spiro atoms. The topological polar surface area (TPSA) is 86.0 Å². The number of alkyl halides is 3. The van der Waals surface area contributed by atoms with Gasteiger partial charge in [-0.2, -0.15) is 23.1 Å². The first-order valence-corrected chi connectivity index (χ1v) is 5.89. The normalized spacial score (nSPS) is 11.2. The summed E-state index contributed by atoms with van der Waals surface area (Å²) in [5, 5.41) is 2.85. The van der Waals surface area contributed by atoms with Crippen LogP contribution in [-0.2, 0) is 6.54 Å². The number of nitrogens with two attached hydrogens (primary N) is 1. The fourth-order valence-corrected chi connectivity index (χ4v) is 1.40. The van der Waals surface area contributed by atoms with E-state index < -0.39 is 12.8 Å². The monoisotopic (exact) mass is 299 g/mol. The molecule has 3 N–H and O–H groups in total. The van der Waals surface area contributed by atoms with E-state index in [0.29, 0.717) is 12.2 Å². The second-order valence-electron chi connectivity index (χ2n) is 4.09. The van der Waals surface area contributed by atoms with Crippen molar-refractivity contribution in [3.63, 3.8) is 0 Å². The Hall–Kier alpha value is -2.58. The predicted molar refractivity (Wildman–Crippen MR) is 69.6 cm³/mol. The van der Waals surface area contributed by atoms with Crippen molar-refractivity contribution in [2.45, 2.75) is 12.7 Å². The van der Waals surface area contributed by atoms with E-state index in [1.807, 2.05) is 12.1 Å². The van der Waals surface area contributed by atoms with Gasteiger partial charge in [-0.05, 0) is 17.7 Å². The van der Waals surface area contributed by atoms with E-state index in [4.69, 9.17) is 5.73 Å². The van der Waals surface area contributed by atoms with Crippen molar-refractivity contribution in [3.8, 4) is 6.01 Å². The van der Waals surface area contributed by atoms with E-state index >= 15 is 0 Å². The third kappa shape index (κ3) is 5.13. The summed E-state index contributed by atoms with van der Waals surface area (Å²) in [5.74, 6) is 0.124. The number of aromatic nitrogens is 3. The van der Waals surface area contributed by atoms with Gasteiger partial charge in [-0.1, -0.05) is 12.1 Å². The summed E-state index contributed by atoms with van der Waals surface area (Å²) in [4.78, 5) is 11.0. The molecular weight excluding hydrogens is 287 g/mol. The minimum atomic E-state index is -4.44. The van der Waals surface area contributed by atoms with Crippen LogP contribution in [0.1, 0.15) is 5.56 Å². The Morgan fingerprint density at radius 2 is 1.86 bits per heavy atom. The summed E-state index contributed by atoms with van der Waals surface area (Å²) in [6.45, 7) is -1.06. The molecule has 1 aromatic carbocycles. The molecule has 112 valence electrons. The lowest BCUT2D eigenvalue weighted by molar-refractivity contribution is -0.154. The highest BCUT2D eigenvalue weighted by Crippen LogP contribution is 2.16. The third-order valence-electron chi connectivity index (χ3n) is 2.35. The molecular formula is C12H12F3N5O. The third-order valence-corrected chi connectivity index (χ3v) is 2.35. The molecule has 1 heterocycles. The number of ether oxygens (including phenoxy) is 1. The molecule has 0 radical (unpaired) electrons. The average Bonchev–Trinajstić information content (AvgIpc) is 2.44. The maximum atomic E-state index is 12.0. The summed E-state index contributed by atoms with van der Waals surface area (Å²) in [5.41, 5.74) is 7.12. The van der Waals surface area contributed by atoms with E-state index in [0.717, 1.165) is 11.9 Å². The molecule has 0 aliphatic carbocycles.